The number of nitrogens with two attached hydrogens (primary N) is 1. The average molecular weight is 380 g/mol. The Bertz CT molecular complexity index is 900. The lowest BCUT2D eigenvalue weighted by molar-refractivity contribution is -0.384. The van der Waals surface area contributed by atoms with E-state index in [0.717, 1.165) is 6.07 Å². The number of hydrogen-bond acceptors (Lipinski definition) is 6. The Morgan fingerprint density at radius 3 is 2.65 bits per heavy atom. The van der Waals surface area contributed by atoms with Crippen molar-refractivity contribution < 1.29 is 24.4 Å². The fourth-order valence-electron chi connectivity index (χ4n) is 2.31. The van der Waals surface area contributed by atoms with Gasteiger partial charge in [0.15, 0.2) is 0 Å². The monoisotopic (exact) mass is 379 g/mol. The number of carbonyl (C=O) groups excluding carboxylic acids is 2. The second-order valence-electron chi connectivity index (χ2n) is 5.03. The molecule has 0 aliphatic heterocycles. The summed E-state index contributed by atoms with van der Waals surface area (Å²) in [7, 11) is 0. The van der Waals surface area contributed by atoms with Gasteiger partial charge in [0.05, 0.1) is 28.8 Å². The van der Waals surface area contributed by atoms with Crippen LogP contribution in [0.15, 0.2) is 30.3 Å². The van der Waals surface area contributed by atoms with Gasteiger partial charge in [-0.15, -0.1) is 0 Å². The topological polar surface area (TPSA) is 145 Å². The predicted molar refractivity (Wildman–Crippen MR) is 94.4 cm³/mol. The molecule has 0 atom stereocenters. The first-order chi connectivity index (χ1) is 12.3. The van der Waals surface area contributed by atoms with Gasteiger partial charge in [-0.25, -0.2) is 9.59 Å². The highest BCUT2D eigenvalue weighted by Crippen LogP contribution is 2.46. The van der Waals surface area contributed by atoms with E-state index in [9.17, 15) is 24.8 Å². The zero-order valence-corrected chi connectivity index (χ0v) is 14.2. The van der Waals surface area contributed by atoms with Crippen molar-refractivity contribution in [1.82, 2.24) is 0 Å². The highest BCUT2D eigenvalue weighted by atomic mass is 35.5. The lowest BCUT2D eigenvalue weighted by atomic mass is 9.99. The number of esters is 1. The quantitative estimate of drug-likeness (QED) is 0.413. The largest absolute Gasteiger partial charge is 0.507 e. The maximum absolute atomic E-state index is 11.9. The van der Waals surface area contributed by atoms with Crippen LogP contribution in [0.2, 0.25) is 5.02 Å². The summed E-state index contributed by atoms with van der Waals surface area (Å²) in [6.07, 6.45) is 0. The highest BCUT2D eigenvalue weighted by molar-refractivity contribution is 6.37. The van der Waals surface area contributed by atoms with E-state index in [4.69, 9.17) is 22.1 Å². The van der Waals surface area contributed by atoms with E-state index < -0.39 is 33.4 Å². The van der Waals surface area contributed by atoms with Crippen molar-refractivity contribution in [2.75, 3.05) is 11.9 Å². The van der Waals surface area contributed by atoms with Crippen molar-refractivity contribution in [2.45, 2.75) is 6.92 Å². The molecule has 10 heteroatoms. The molecule has 0 bridgehead atoms. The summed E-state index contributed by atoms with van der Waals surface area (Å²) >= 11 is 6.01. The van der Waals surface area contributed by atoms with Crippen LogP contribution in [0, 0.1) is 10.1 Å². The first-order valence-corrected chi connectivity index (χ1v) is 7.67. The number of phenolic OH excluding ortho intramolecular Hbond substituents is 1. The number of primary amides is 1. The van der Waals surface area contributed by atoms with E-state index in [1.165, 1.54) is 24.3 Å². The number of nitro benzene ring substituents is 1. The SMILES string of the molecule is CCOC(=O)c1cccc(-c2c(O)cc([N+](=O)[O-])c(Cl)c2NC(N)=O)c1. The smallest absolute Gasteiger partial charge is 0.338 e. The summed E-state index contributed by atoms with van der Waals surface area (Å²) in [5.74, 6) is -1.11. The number of phenols is 1. The Kier molecular flexibility index (Phi) is 5.63. The van der Waals surface area contributed by atoms with Crippen LogP contribution < -0.4 is 11.1 Å². The molecule has 0 aliphatic rings. The van der Waals surface area contributed by atoms with E-state index in [2.05, 4.69) is 5.32 Å². The van der Waals surface area contributed by atoms with Crippen molar-refractivity contribution in [3.8, 4) is 16.9 Å². The number of amides is 2. The van der Waals surface area contributed by atoms with Crippen molar-refractivity contribution in [2.24, 2.45) is 5.73 Å². The third-order valence-electron chi connectivity index (χ3n) is 3.33. The number of urea groups is 1. The summed E-state index contributed by atoms with van der Waals surface area (Å²) in [6.45, 7) is 1.82. The standard InChI is InChI=1S/C16H14ClN3O6/c1-2-26-15(22)9-5-3-4-8(6-9)12-11(21)7-10(20(24)25)13(17)14(12)19-16(18)23/h3-7,21H,2H2,1H3,(H3,18,19,23). The summed E-state index contributed by atoms with van der Waals surface area (Å²) < 4.78 is 4.91. The van der Waals surface area contributed by atoms with Gasteiger partial charge in [-0.05, 0) is 24.6 Å². The van der Waals surface area contributed by atoms with Crippen LogP contribution in [0.4, 0.5) is 16.2 Å². The number of nitrogens with one attached hydrogen (secondary N) is 1. The Labute approximate surface area is 152 Å². The molecule has 0 heterocycles. The maximum Gasteiger partial charge on any atom is 0.338 e. The number of nitrogens with zero attached hydrogens (tertiary/aromatic N) is 1. The number of hydrogen-bond donors (Lipinski definition) is 3. The van der Waals surface area contributed by atoms with E-state index in [1.807, 2.05) is 0 Å². The second kappa shape index (κ2) is 7.70. The Hall–Kier alpha value is -3.33. The van der Waals surface area contributed by atoms with Crippen molar-refractivity contribution in [3.63, 3.8) is 0 Å². The van der Waals surface area contributed by atoms with Gasteiger partial charge in [-0.1, -0.05) is 23.7 Å². The summed E-state index contributed by atoms with van der Waals surface area (Å²) in [6, 6.07) is 5.74. The Morgan fingerprint density at radius 2 is 2.08 bits per heavy atom. The summed E-state index contributed by atoms with van der Waals surface area (Å²) in [4.78, 5) is 33.4. The molecular weight excluding hydrogens is 366 g/mol. The third kappa shape index (κ3) is 3.83. The number of anilines is 1. The van der Waals surface area contributed by atoms with Crippen LogP contribution in [0.3, 0.4) is 0 Å². The number of rotatable bonds is 5. The molecule has 9 nitrogen and oxygen atoms in total. The number of nitro groups is 1. The number of halogens is 1. The van der Waals surface area contributed by atoms with Gasteiger partial charge in [0, 0.05) is 5.56 Å². The summed E-state index contributed by atoms with van der Waals surface area (Å²) in [5.41, 5.74) is 4.68. The molecule has 2 aromatic carbocycles. The van der Waals surface area contributed by atoms with Gasteiger partial charge in [0.1, 0.15) is 10.8 Å². The second-order valence-corrected chi connectivity index (χ2v) is 5.40. The lowest BCUT2D eigenvalue weighted by Gasteiger charge is -2.14. The molecule has 0 unspecified atom stereocenters. The normalized spacial score (nSPS) is 10.2. The van der Waals surface area contributed by atoms with Crippen molar-refractivity contribution >= 4 is 35.0 Å². The number of benzene rings is 2. The first kappa shape index (κ1) is 19.0. The Balaban J connectivity index is 2.71. The minimum atomic E-state index is -1.03. The molecule has 0 aromatic heterocycles. The van der Waals surface area contributed by atoms with Crippen LogP contribution in [0.5, 0.6) is 5.75 Å². The molecule has 0 spiro atoms. The van der Waals surface area contributed by atoms with Crippen LogP contribution >= 0.6 is 11.6 Å². The zero-order valence-electron chi connectivity index (χ0n) is 13.5. The summed E-state index contributed by atoms with van der Waals surface area (Å²) in [5, 5.41) is 23.1. The highest BCUT2D eigenvalue weighted by Gasteiger charge is 2.25. The number of ether oxygens (including phenoxy) is 1. The molecule has 2 aromatic rings. The molecule has 0 saturated carbocycles. The first-order valence-electron chi connectivity index (χ1n) is 7.30. The fraction of sp³-hybridized carbons (Fsp3) is 0.125. The van der Waals surface area contributed by atoms with E-state index in [0.29, 0.717) is 0 Å². The minimum absolute atomic E-state index is 0.0226. The van der Waals surface area contributed by atoms with E-state index in [-0.39, 0.29) is 29.0 Å². The van der Waals surface area contributed by atoms with Gasteiger partial charge >= 0.3 is 12.0 Å². The van der Waals surface area contributed by atoms with Crippen LogP contribution in [0.1, 0.15) is 17.3 Å². The fourth-order valence-corrected chi connectivity index (χ4v) is 2.58. The van der Waals surface area contributed by atoms with Crippen molar-refractivity contribution in [3.05, 3.63) is 51.0 Å². The molecule has 26 heavy (non-hydrogen) atoms. The zero-order chi connectivity index (χ0) is 19.4. The number of carbonyl (C=O) groups is 2. The van der Waals surface area contributed by atoms with E-state index in [1.54, 1.807) is 6.92 Å². The van der Waals surface area contributed by atoms with Gasteiger partial charge in [-0.2, -0.15) is 0 Å². The average Bonchev–Trinajstić information content (AvgIpc) is 2.57. The Morgan fingerprint density at radius 1 is 1.38 bits per heavy atom. The molecule has 0 saturated heterocycles. The van der Waals surface area contributed by atoms with Crippen LogP contribution in [-0.4, -0.2) is 28.6 Å². The van der Waals surface area contributed by atoms with Crippen LogP contribution in [-0.2, 0) is 4.74 Å². The molecule has 136 valence electrons. The molecular formula is C16H14ClN3O6. The van der Waals surface area contributed by atoms with Gasteiger partial charge in [-0.3, -0.25) is 10.1 Å². The number of aromatic hydroxyl groups is 1. The van der Waals surface area contributed by atoms with Crippen LogP contribution in [0.25, 0.3) is 11.1 Å². The molecule has 2 rings (SSSR count). The third-order valence-corrected chi connectivity index (χ3v) is 3.71. The molecule has 4 N–H and O–H groups in total. The predicted octanol–water partition coefficient (Wildman–Crippen LogP) is 3.29. The molecule has 0 fully saturated rings. The minimum Gasteiger partial charge on any atom is -0.507 e. The van der Waals surface area contributed by atoms with E-state index >= 15 is 0 Å². The molecule has 0 radical (unpaired) electrons. The van der Waals surface area contributed by atoms with Crippen molar-refractivity contribution in [1.29, 1.82) is 0 Å². The van der Waals surface area contributed by atoms with Gasteiger partial charge < -0.3 is 20.9 Å². The lowest BCUT2D eigenvalue weighted by Crippen LogP contribution is -2.20. The van der Waals surface area contributed by atoms with Gasteiger partial charge in [0.25, 0.3) is 5.69 Å². The molecule has 0 aliphatic carbocycles. The maximum atomic E-state index is 11.9. The van der Waals surface area contributed by atoms with Gasteiger partial charge in [0.2, 0.25) is 0 Å². The molecule has 2 amide bonds.